The third-order valence-corrected chi connectivity index (χ3v) is 3.11. The molecule has 1 aliphatic rings. The Labute approximate surface area is 95.5 Å². The highest BCUT2D eigenvalue weighted by Gasteiger charge is 2.37. The number of hydrogen-bond acceptors (Lipinski definition) is 4. The van der Waals surface area contributed by atoms with E-state index >= 15 is 0 Å². The maximum absolute atomic E-state index is 10.9. The molecule has 2 rings (SSSR count). The minimum Gasteiger partial charge on any atom is -0.383 e. The Kier molecular flexibility index (Phi) is 2.67. The van der Waals surface area contributed by atoms with Gasteiger partial charge in [0.15, 0.2) is 0 Å². The summed E-state index contributed by atoms with van der Waals surface area (Å²) in [6, 6.07) is 7.02. The lowest BCUT2D eigenvalue weighted by atomic mass is 10.1. The van der Waals surface area contributed by atoms with E-state index in [0.717, 1.165) is 31.1 Å². The predicted molar refractivity (Wildman–Crippen MR) is 61.8 cm³/mol. The second-order valence-electron chi connectivity index (χ2n) is 4.47. The fourth-order valence-electron chi connectivity index (χ4n) is 1.58. The van der Waals surface area contributed by atoms with E-state index in [9.17, 15) is 8.42 Å². The molecule has 0 heterocycles. The smallest absolute Gasteiger partial charge is 0.306 e. The van der Waals surface area contributed by atoms with Gasteiger partial charge in [0.05, 0.1) is 6.26 Å². The van der Waals surface area contributed by atoms with Crippen molar-refractivity contribution in [3.8, 4) is 5.75 Å². The Hall–Kier alpha value is -1.07. The standard InChI is InChI=1S/C11H15NO3S/c1-16(13,14)15-10-4-2-9(3-5-10)8-11(12)6-7-11/h2-5H,6-8,12H2,1H3. The van der Waals surface area contributed by atoms with Crippen LogP contribution < -0.4 is 9.92 Å². The van der Waals surface area contributed by atoms with E-state index in [1.54, 1.807) is 12.1 Å². The van der Waals surface area contributed by atoms with Crippen molar-refractivity contribution in [3.05, 3.63) is 29.8 Å². The summed E-state index contributed by atoms with van der Waals surface area (Å²) in [7, 11) is -3.44. The van der Waals surface area contributed by atoms with Gasteiger partial charge in [-0.1, -0.05) is 12.1 Å². The molecule has 0 radical (unpaired) electrons. The van der Waals surface area contributed by atoms with E-state index in [1.165, 1.54) is 0 Å². The van der Waals surface area contributed by atoms with Crippen molar-refractivity contribution < 1.29 is 12.6 Å². The number of hydrogen-bond donors (Lipinski definition) is 1. The summed E-state index contributed by atoms with van der Waals surface area (Å²) in [6.07, 6.45) is 4.00. The molecule has 1 aromatic carbocycles. The van der Waals surface area contributed by atoms with Crippen LogP contribution in [0.2, 0.25) is 0 Å². The molecule has 0 spiro atoms. The lowest BCUT2D eigenvalue weighted by Gasteiger charge is -2.09. The average Bonchev–Trinajstić information content (AvgIpc) is 2.85. The summed E-state index contributed by atoms with van der Waals surface area (Å²) in [5.41, 5.74) is 7.07. The minimum absolute atomic E-state index is 0.0286. The molecule has 88 valence electrons. The van der Waals surface area contributed by atoms with Crippen molar-refractivity contribution in [3.63, 3.8) is 0 Å². The molecule has 0 unspecified atom stereocenters. The molecular formula is C11H15NO3S. The molecule has 0 saturated heterocycles. The molecule has 0 aromatic heterocycles. The van der Waals surface area contributed by atoms with Crippen LogP contribution in [0.25, 0.3) is 0 Å². The molecule has 1 aliphatic carbocycles. The Morgan fingerprint density at radius 1 is 1.31 bits per heavy atom. The molecular weight excluding hydrogens is 226 g/mol. The van der Waals surface area contributed by atoms with Crippen LogP contribution in [-0.4, -0.2) is 20.2 Å². The number of benzene rings is 1. The Morgan fingerprint density at radius 3 is 2.31 bits per heavy atom. The Bertz CT molecular complexity index is 474. The molecule has 1 saturated carbocycles. The molecule has 1 fully saturated rings. The van der Waals surface area contributed by atoms with Crippen LogP contribution >= 0.6 is 0 Å². The zero-order valence-corrected chi connectivity index (χ0v) is 9.96. The van der Waals surface area contributed by atoms with Crippen molar-refractivity contribution in [1.82, 2.24) is 0 Å². The van der Waals surface area contributed by atoms with Crippen LogP contribution in [0.5, 0.6) is 5.75 Å². The largest absolute Gasteiger partial charge is 0.383 e. The fraction of sp³-hybridized carbons (Fsp3) is 0.455. The second-order valence-corrected chi connectivity index (χ2v) is 6.05. The van der Waals surface area contributed by atoms with Gasteiger partial charge in [-0.2, -0.15) is 8.42 Å². The summed E-state index contributed by atoms with van der Waals surface area (Å²) < 4.78 is 26.5. The quantitative estimate of drug-likeness (QED) is 0.800. The van der Waals surface area contributed by atoms with Gasteiger partial charge in [0, 0.05) is 5.54 Å². The van der Waals surface area contributed by atoms with E-state index in [2.05, 4.69) is 0 Å². The average molecular weight is 241 g/mol. The van der Waals surface area contributed by atoms with Crippen LogP contribution in [0.3, 0.4) is 0 Å². The first kappa shape index (κ1) is 11.4. The lowest BCUT2D eigenvalue weighted by Crippen LogP contribution is -2.24. The van der Waals surface area contributed by atoms with Crippen molar-refractivity contribution in [2.45, 2.75) is 24.8 Å². The van der Waals surface area contributed by atoms with Crippen molar-refractivity contribution >= 4 is 10.1 Å². The van der Waals surface area contributed by atoms with Gasteiger partial charge in [-0.15, -0.1) is 0 Å². The number of rotatable bonds is 4. The van der Waals surface area contributed by atoms with Crippen LogP contribution in [0.1, 0.15) is 18.4 Å². The van der Waals surface area contributed by atoms with Gasteiger partial charge in [-0.25, -0.2) is 0 Å². The monoisotopic (exact) mass is 241 g/mol. The molecule has 2 N–H and O–H groups in total. The third kappa shape index (κ3) is 3.21. The summed E-state index contributed by atoms with van der Waals surface area (Å²) >= 11 is 0. The summed E-state index contributed by atoms with van der Waals surface area (Å²) in [4.78, 5) is 0. The third-order valence-electron chi connectivity index (χ3n) is 2.62. The lowest BCUT2D eigenvalue weighted by molar-refractivity contribution is 0.493. The molecule has 4 nitrogen and oxygen atoms in total. The predicted octanol–water partition coefficient (Wildman–Crippen LogP) is 1.06. The highest BCUT2D eigenvalue weighted by molar-refractivity contribution is 7.86. The molecule has 16 heavy (non-hydrogen) atoms. The Morgan fingerprint density at radius 2 is 1.88 bits per heavy atom. The van der Waals surface area contributed by atoms with Gasteiger partial charge in [-0.05, 0) is 37.0 Å². The SMILES string of the molecule is CS(=O)(=O)Oc1ccc(CC2(N)CC2)cc1. The van der Waals surface area contributed by atoms with Crippen LogP contribution in [0.4, 0.5) is 0 Å². The van der Waals surface area contributed by atoms with E-state index < -0.39 is 10.1 Å². The van der Waals surface area contributed by atoms with Crippen LogP contribution in [0, 0.1) is 0 Å². The van der Waals surface area contributed by atoms with Gasteiger partial charge in [0.2, 0.25) is 0 Å². The minimum atomic E-state index is -3.44. The fourth-order valence-corrected chi connectivity index (χ4v) is 2.04. The van der Waals surface area contributed by atoms with Crippen molar-refractivity contribution in [2.75, 3.05) is 6.26 Å². The maximum Gasteiger partial charge on any atom is 0.306 e. The first-order valence-electron chi connectivity index (χ1n) is 5.14. The van der Waals surface area contributed by atoms with Gasteiger partial charge in [0.25, 0.3) is 0 Å². The zero-order valence-electron chi connectivity index (χ0n) is 9.14. The van der Waals surface area contributed by atoms with E-state index in [4.69, 9.17) is 9.92 Å². The summed E-state index contributed by atoms with van der Waals surface area (Å²) in [6.45, 7) is 0. The van der Waals surface area contributed by atoms with Crippen LogP contribution in [0.15, 0.2) is 24.3 Å². The van der Waals surface area contributed by atoms with E-state index in [1.807, 2.05) is 12.1 Å². The van der Waals surface area contributed by atoms with E-state index in [-0.39, 0.29) is 5.54 Å². The number of nitrogens with two attached hydrogens (primary N) is 1. The molecule has 5 heteroatoms. The normalized spacial score (nSPS) is 18.1. The molecule has 0 atom stereocenters. The van der Waals surface area contributed by atoms with Gasteiger partial charge < -0.3 is 9.92 Å². The van der Waals surface area contributed by atoms with E-state index in [0.29, 0.717) is 5.75 Å². The van der Waals surface area contributed by atoms with Crippen LogP contribution in [-0.2, 0) is 16.5 Å². The van der Waals surface area contributed by atoms with Crippen molar-refractivity contribution in [2.24, 2.45) is 5.73 Å². The topological polar surface area (TPSA) is 69.4 Å². The summed E-state index contributed by atoms with van der Waals surface area (Å²) in [5, 5.41) is 0. The van der Waals surface area contributed by atoms with Gasteiger partial charge >= 0.3 is 10.1 Å². The highest BCUT2D eigenvalue weighted by Crippen LogP contribution is 2.35. The van der Waals surface area contributed by atoms with Gasteiger partial charge in [0.1, 0.15) is 5.75 Å². The zero-order chi connectivity index (χ0) is 11.8. The molecule has 0 bridgehead atoms. The van der Waals surface area contributed by atoms with Gasteiger partial charge in [-0.3, -0.25) is 0 Å². The second kappa shape index (κ2) is 3.75. The Balaban J connectivity index is 2.04. The first-order chi connectivity index (χ1) is 7.36. The first-order valence-corrected chi connectivity index (χ1v) is 6.95. The maximum atomic E-state index is 10.9. The van der Waals surface area contributed by atoms with Crippen molar-refractivity contribution in [1.29, 1.82) is 0 Å². The molecule has 0 amide bonds. The summed E-state index contributed by atoms with van der Waals surface area (Å²) in [5.74, 6) is 0.341. The highest BCUT2D eigenvalue weighted by atomic mass is 32.2. The molecule has 1 aromatic rings. The molecule has 0 aliphatic heterocycles.